The number of hydrogen-bond donors (Lipinski definition) is 2. The molecule has 0 fully saturated rings. The molecule has 2 rings (SSSR count). The molecular weight excluding hydrogens is 312 g/mol. The summed E-state index contributed by atoms with van der Waals surface area (Å²) < 4.78 is 10.9. The fraction of sp³-hybridized carbons (Fsp3) is 0.333. The molecule has 0 atom stereocenters. The van der Waals surface area contributed by atoms with Crippen LogP contribution in [0.1, 0.15) is 50.4 Å². The first-order chi connectivity index (χ1) is 11.4. The van der Waals surface area contributed by atoms with Gasteiger partial charge in [0.05, 0.1) is 24.0 Å². The molecule has 128 valence electrons. The molecule has 0 saturated carbocycles. The molecule has 0 radical (unpaired) electrons. The molecule has 0 spiro atoms. The van der Waals surface area contributed by atoms with Crippen LogP contribution in [0.15, 0.2) is 28.9 Å². The quantitative estimate of drug-likeness (QED) is 0.716. The fourth-order valence-electron chi connectivity index (χ4n) is 2.62. The second-order valence-corrected chi connectivity index (χ2v) is 5.54. The van der Waals surface area contributed by atoms with Crippen molar-refractivity contribution in [2.24, 2.45) is 0 Å². The summed E-state index contributed by atoms with van der Waals surface area (Å²) in [6, 6.07) is 5.14. The van der Waals surface area contributed by atoms with E-state index < -0.39 is 11.9 Å². The molecule has 0 amide bonds. The van der Waals surface area contributed by atoms with Gasteiger partial charge in [-0.15, -0.1) is 0 Å². The Morgan fingerprint density at radius 1 is 1.12 bits per heavy atom. The van der Waals surface area contributed by atoms with Gasteiger partial charge < -0.3 is 19.4 Å². The number of carboxylic acid groups (broad SMARTS) is 2. The van der Waals surface area contributed by atoms with Gasteiger partial charge in [0.15, 0.2) is 0 Å². The molecule has 0 saturated heterocycles. The molecular formula is C18H20O6. The lowest BCUT2D eigenvalue weighted by Crippen LogP contribution is -2.12. The van der Waals surface area contributed by atoms with Crippen molar-refractivity contribution < 1.29 is 29.0 Å². The summed E-state index contributed by atoms with van der Waals surface area (Å²) in [4.78, 5) is 22.7. The van der Waals surface area contributed by atoms with Gasteiger partial charge in [-0.05, 0) is 50.5 Å². The molecule has 0 aliphatic carbocycles. The Balaban J connectivity index is 2.06. The SMILES string of the molecule is Cc1c(OCCCCc2ccco2)cc(C(=O)O)c(C)c1C(=O)O. The summed E-state index contributed by atoms with van der Waals surface area (Å²) >= 11 is 0. The van der Waals surface area contributed by atoms with Crippen LogP contribution in [0, 0.1) is 13.8 Å². The van der Waals surface area contributed by atoms with Gasteiger partial charge in [-0.1, -0.05) is 0 Å². The van der Waals surface area contributed by atoms with Gasteiger partial charge in [0.2, 0.25) is 0 Å². The zero-order valence-electron chi connectivity index (χ0n) is 13.7. The highest BCUT2D eigenvalue weighted by molar-refractivity contribution is 5.98. The van der Waals surface area contributed by atoms with Crippen LogP contribution in [0.25, 0.3) is 0 Å². The average Bonchev–Trinajstić information content (AvgIpc) is 3.01. The van der Waals surface area contributed by atoms with Gasteiger partial charge in [0, 0.05) is 12.0 Å². The minimum absolute atomic E-state index is 0.0134. The maximum atomic E-state index is 11.4. The van der Waals surface area contributed by atoms with E-state index in [0.29, 0.717) is 17.9 Å². The van der Waals surface area contributed by atoms with Crippen LogP contribution in [0.2, 0.25) is 0 Å². The van der Waals surface area contributed by atoms with Crippen molar-refractivity contribution in [3.05, 3.63) is 52.5 Å². The third-order valence-corrected chi connectivity index (χ3v) is 3.90. The lowest BCUT2D eigenvalue weighted by molar-refractivity contribution is 0.0694. The summed E-state index contributed by atoms with van der Waals surface area (Å²) in [5.74, 6) is -1.12. The van der Waals surface area contributed by atoms with Crippen molar-refractivity contribution in [1.82, 2.24) is 0 Å². The maximum Gasteiger partial charge on any atom is 0.336 e. The highest BCUT2D eigenvalue weighted by Crippen LogP contribution is 2.28. The van der Waals surface area contributed by atoms with Crippen LogP contribution in [0.4, 0.5) is 0 Å². The first-order valence-corrected chi connectivity index (χ1v) is 7.67. The lowest BCUT2D eigenvalue weighted by atomic mass is 9.96. The van der Waals surface area contributed by atoms with Crippen LogP contribution >= 0.6 is 0 Å². The monoisotopic (exact) mass is 332 g/mol. The first-order valence-electron chi connectivity index (χ1n) is 7.67. The van der Waals surface area contributed by atoms with E-state index in [9.17, 15) is 19.8 Å². The van der Waals surface area contributed by atoms with Crippen molar-refractivity contribution in [2.75, 3.05) is 6.61 Å². The molecule has 1 aromatic heterocycles. The van der Waals surface area contributed by atoms with Gasteiger partial charge in [-0.2, -0.15) is 0 Å². The highest BCUT2D eigenvalue weighted by Gasteiger charge is 2.21. The number of unbranched alkanes of at least 4 members (excludes halogenated alkanes) is 1. The molecule has 0 unspecified atom stereocenters. The summed E-state index contributed by atoms with van der Waals surface area (Å²) in [7, 11) is 0. The van der Waals surface area contributed by atoms with Crippen LogP contribution < -0.4 is 4.74 Å². The second-order valence-electron chi connectivity index (χ2n) is 5.54. The highest BCUT2D eigenvalue weighted by atomic mass is 16.5. The van der Waals surface area contributed by atoms with E-state index in [1.807, 2.05) is 12.1 Å². The molecule has 1 heterocycles. The Bertz CT molecular complexity index is 730. The number of furan rings is 1. The van der Waals surface area contributed by atoms with Gasteiger partial charge in [0.1, 0.15) is 11.5 Å². The van der Waals surface area contributed by atoms with E-state index in [4.69, 9.17) is 9.15 Å². The van der Waals surface area contributed by atoms with E-state index in [0.717, 1.165) is 25.0 Å². The zero-order valence-corrected chi connectivity index (χ0v) is 13.7. The Hall–Kier alpha value is -2.76. The van der Waals surface area contributed by atoms with Crippen molar-refractivity contribution >= 4 is 11.9 Å². The predicted octanol–water partition coefficient (Wildman–Crippen LogP) is 3.69. The topological polar surface area (TPSA) is 97.0 Å². The van der Waals surface area contributed by atoms with Crippen molar-refractivity contribution in [3.63, 3.8) is 0 Å². The molecule has 1 aromatic carbocycles. The number of carbonyl (C=O) groups is 2. The first kappa shape index (κ1) is 17.6. The number of rotatable bonds is 8. The van der Waals surface area contributed by atoms with Gasteiger partial charge >= 0.3 is 11.9 Å². The largest absolute Gasteiger partial charge is 0.493 e. The minimum Gasteiger partial charge on any atom is -0.493 e. The number of hydrogen-bond acceptors (Lipinski definition) is 4. The predicted molar refractivity (Wildman–Crippen MR) is 87.0 cm³/mol. The van der Waals surface area contributed by atoms with Crippen LogP contribution in [-0.4, -0.2) is 28.8 Å². The molecule has 6 heteroatoms. The summed E-state index contributed by atoms with van der Waals surface area (Å²) in [5.41, 5.74) is 0.609. The van der Waals surface area contributed by atoms with E-state index in [-0.39, 0.29) is 16.7 Å². The Kier molecular flexibility index (Phi) is 5.63. The summed E-state index contributed by atoms with van der Waals surface area (Å²) in [5, 5.41) is 18.6. The third-order valence-electron chi connectivity index (χ3n) is 3.90. The number of carboxylic acids is 2. The fourth-order valence-corrected chi connectivity index (χ4v) is 2.62. The third kappa shape index (κ3) is 3.95. The molecule has 2 aromatic rings. The van der Waals surface area contributed by atoms with Gasteiger partial charge in [-0.25, -0.2) is 9.59 Å². The lowest BCUT2D eigenvalue weighted by Gasteiger charge is -2.15. The molecule has 24 heavy (non-hydrogen) atoms. The Labute approximate surface area is 139 Å². The van der Waals surface area contributed by atoms with E-state index in [2.05, 4.69) is 0 Å². The van der Waals surface area contributed by atoms with Crippen LogP contribution in [0.3, 0.4) is 0 Å². The minimum atomic E-state index is -1.17. The zero-order chi connectivity index (χ0) is 17.7. The smallest absolute Gasteiger partial charge is 0.336 e. The normalized spacial score (nSPS) is 10.6. The Morgan fingerprint density at radius 2 is 1.88 bits per heavy atom. The average molecular weight is 332 g/mol. The van der Waals surface area contributed by atoms with E-state index in [1.165, 1.54) is 13.0 Å². The number of ether oxygens (including phenoxy) is 1. The maximum absolute atomic E-state index is 11.4. The molecule has 2 N–H and O–H groups in total. The van der Waals surface area contributed by atoms with Crippen LogP contribution in [0.5, 0.6) is 5.75 Å². The molecule has 0 bridgehead atoms. The number of benzene rings is 1. The molecule has 6 nitrogen and oxygen atoms in total. The van der Waals surface area contributed by atoms with Crippen LogP contribution in [-0.2, 0) is 6.42 Å². The van der Waals surface area contributed by atoms with Crippen molar-refractivity contribution in [3.8, 4) is 5.75 Å². The number of aryl methyl sites for hydroxylation is 1. The van der Waals surface area contributed by atoms with Gasteiger partial charge in [-0.3, -0.25) is 0 Å². The number of aromatic carboxylic acids is 2. The summed E-state index contributed by atoms with van der Waals surface area (Å²) in [6.45, 7) is 3.50. The molecule has 0 aliphatic rings. The van der Waals surface area contributed by atoms with E-state index >= 15 is 0 Å². The Morgan fingerprint density at radius 3 is 2.46 bits per heavy atom. The van der Waals surface area contributed by atoms with Crippen molar-refractivity contribution in [2.45, 2.75) is 33.1 Å². The summed E-state index contributed by atoms with van der Waals surface area (Å²) in [6.07, 6.45) is 4.03. The standard InChI is InChI=1S/C18H20O6/c1-11-14(17(19)20)10-15(12(2)16(11)18(21)22)24-8-4-3-6-13-7-5-9-23-13/h5,7,9-10H,3-4,6,8H2,1-2H3,(H,19,20)(H,21,22). The van der Waals surface area contributed by atoms with Gasteiger partial charge in [0.25, 0.3) is 0 Å². The molecule has 0 aliphatic heterocycles. The second kappa shape index (κ2) is 7.68. The van der Waals surface area contributed by atoms with E-state index in [1.54, 1.807) is 13.2 Å². The van der Waals surface area contributed by atoms with Crippen molar-refractivity contribution in [1.29, 1.82) is 0 Å².